The first-order valence-electron chi connectivity index (χ1n) is 9.58. The lowest BCUT2D eigenvalue weighted by molar-refractivity contribution is 0.0250. The third kappa shape index (κ3) is 2.94. The fraction of sp³-hybridized carbons (Fsp3) is 0.250. The average Bonchev–Trinajstić information content (AvgIpc) is 3.01. The van der Waals surface area contributed by atoms with Crippen LogP contribution in [0.15, 0.2) is 60.9 Å². The lowest BCUT2D eigenvalue weighted by Gasteiger charge is -2.32. The van der Waals surface area contributed by atoms with Gasteiger partial charge < -0.3 is 14.5 Å². The van der Waals surface area contributed by atoms with Gasteiger partial charge in [0.1, 0.15) is 0 Å². The molecule has 4 rings (SSSR count). The van der Waals surface area contributed by atoms with Gasteiger partial charge in [0.2, 0.25) is 0 Å². The number of aromatic nitrogens is 1. The van der Waals surface area contributed by atoms with E-state index in [9.17, 15) is 4.79 Å². The van der Waals surface area contributed by atoms with Gasteiger partial charge in [-0.2, -0.15) is 0 Å². The summed E-state index contributed by atoms with van der Waals surface area (Å²) in [6.07, 6.45) is 3.31. The van der Waals surface area contributed by atoms with Crippen LogP contribution in [-0.2, 0) is 10.3 Å². The number of nitrogens with zero attached hydrogens (tertiary/aromatic N) is 3. The van der Waals surface area contributed by atoms with Crippen molar-refractivity contribution in [2.75, 3.05) is 38.0 Å². The van der Waals surface area contributed by atoms with Crippen molar-refractivity contribution in [1.29, 1.82) is 0 Å². The van der Waals surface area contributed by atoms with Gasteiger partial charge in [0.25, 0.3) is 0 Å². The molecule has 0 aliphatic carbocycles. The molecule has 5 nitrogen and oxygen atoms in total. The number of carbonyl (C=O) groups is 1. The number of carbonyl (C=O) groups excluding carboxylic acids is 1. The number of fused-ring (bicyclic) bond motifs is 1. The highest BCUT2D eigenvalue weighted by atomic mass is 16.6. The van der Waals surface area contributed by atoms with Crippen molar-refractivity contribution in [3.8, 4) is 0 Å². The van der Waals surface area contributed by atoms with Crippen LogP contribution in [0.2, 0.25) is 0 Å². The molecule has 0 bridgehead atoms. The Morgan fingerprint density at radius 1 is 0.862 bits per heavy atom. The third-order valence-corrected chi connectivity index (χ3v) is 5.56. The standard InChI is InChI=1S/C24H25N3O2/c1-16-14-19(27(4)5)10-11-21(16)24(17-6-8-18(9-7-17)26(2)3)22-12-13-25-15-20(22)23(28)29-24/h6-15H,1-5H3. The van der Waals surface area contributed by atoms with E-state index in [0.717, 1.165) is 33.6 Å². The number of rotatable bonds is 4. The lowest BCUT2D eigenvalue weighted by Crippen LogP contribution is -2.30. The van der Waals surface area contributed by atoms with E-state index in [1.807, 2.05) is 63.4 Å². The summed E-state index contributed by atoms with van der Waals surface area (Å²) in [4.78, 5) is 21.1. The summed E-state index contributed by atoms with van der Waals surface area (Å²) in [5.41, 5.74) is 5.48. The molecule has 148 valence electrons. The van der Waals surface area contributed by atoms with Gasteiger partial charge in [-0.05, 0) is 42.8 Å². The maximum absolute atomic E-state index is 12.8. The van der Waals surface area contributed by atoms with Crippen LogP contribution in [0.1, 0.15) is 32.6 Å². The van der Waals surface area contributed by atoms with Crippen molar-refractivity contribution in [3.05, 3.63) is 88.7 Å². The topological polar surface area (TPSA) is 45.7 Å². The van der Waals surface area contributed by atoms with Gasteiger partial charge in [0, 0.05) is 68.6 Å². The molecule has 0 spiro atoms. The smallest absolute Gasteiger partial charge is 0.341 e. The van der Waals surface area contributed by atoms with E-state index in [1.165, 1.54) is 0 Å². The SMILES string of the molecule is Cc1cc(N(C)C)ccc1C1(c2ccc(N(C)C)cc2)OC(=O)c2cnccc21. The highest BCUT2D eigenvalue weighted by molar-refractivity contribution is 5.96. The quantitative estimate of drug-likeness (QED) is 0.634. The molecule has 0 saturated carbocycles. The number of benzene rings is 2. The van der Waals surface area contributed by atoms with Crippen LogP contribution in [-0.4, -0.2) is 39.1 Å². The van der Waals surface area contributed by atoms with Crippen LogP contribution in [0.5, 0.6) is 0 Å². The highest BCUT2D eigenvalue weighted by Crippen LogP contribution is 2.48. The molecule has 1 aliphatic heterocycles. The molecule has 29 heavy (non-hydrogen) atoms. The molecule has 0 amide bonds. The number of anilines is 2. The van der Waals surface area contributed by atoms with E-state index in [-0.39, 0.29) is 5.97 Å². The van der Waals surface area contributed by atoms with Crippen molar-refractivity contribution in [3.63, 3.8) is 0 Å². The van der Waals surface area contributed by atoms with E-state index in [0.29, 0.717) is 5.56 Å². The molecule has 0 saturated heterocycles. The molecule has 2 heterocycles. The first-order valence-corrected chi connectivity index (χ1v) is 9.58. The summed E-state index contributed by atoms with van der Waals surface area (Å²) in [7, 11) is 8.04. The summed E-state index contributed by atoms with van der Waals surface area (Å²) in [6.45, 7) is 2.06. The Bertz CT molecular complexity index is 1070. The summed E-state index contributed by atoms with van der Waals surface area (Å²) >= 11 is 0. The fourth-order valence-corrected chi connectivity index (χ4v) is 4.00. The van der Waals surface area contributed by atoms with Crippen LogP contribution < -0.4 is 9.80 Å². The minimum atomic E-state index is -0.991. The molecule has 1 unspecified atom stereocenters. The number of esters is 1. The zero-order valence-electron chi connectivity index (χ0n) is 17.4. The molecule has 0 radical (unpaired) electrons. The predicted molar refractivity (Wildman–Crippen MR) is 116 cm³/mol. The molecule has 1 atom stereocenters. The maximum Gasteiger partial charge on any atom is 0.341 e. The largest absolute Gasteiger partial charge is 0.441 e. The van der Waals surface area contributed by atoms with Crippen LogP contribution >= 0.6 is 0 Å². The van der Waals surface area contributed by atoms with Gasteiger partial charge in [-0.25, -0.2) is 4.79 Å². The van der Waals surface area contributed by atoms with Gasteiger partial charge in [-0.1, -0.05) is 18.2 Å². The summed E-state index contributed by atoms with van der Waals surface area (Å²) in [6, 6.07) is 16.3. The molecule has 1 aromatic heterocycles. The number of hydrogen-bond donors (Lipinski definition) is 0. The van der Waals surface area contributed by atoms with E-state index < -0.39 is 5.60 Å². The second kappa shape index (κ2) is 6.92. The van der Waals surface area contributed by atoms with Crippen molar-refractivity contribution >= 4 is 17.3 Å². The number of aryl methyl sites for hydroxylation is 1. The monoisotopic (exact) mass is 387 g/mol. The molecule has 3 aromatic rings. The van der Waals surface area contributed by atoms with E-state index in [4.69, 9.17) is 4.74 Å². The van der Waals surface area contributed by atoms with Gasteiger partial charge in [-0.15, -0.1) is 0 Å². The Hall–Kier alpha value is -3.34. The number of ether oxygens (including phenoxy) is 1. The predicted octanol–water partition coefficient (Wildman–Crippen LogP) is 3.98. The summed E-state index contributed by atoms with van der Waals surface area (Å²) in [5, 5.41) is 0. The van der Waals surface area contributed by atoms with Gasteiger partial charge in [0.15, 0.2) is 5.60 Å². The molecular formula is C24H25N3O2. The summed E-state index contributed by atoms with van der Waals surface area (Å²) < 4.78 is 6.17. The lowest BCUT2D eigenvalue weighted by atomic mass is 9.78. The van der Waals surface area contributed by atoms with E-state index >= 15 is 0 Å². The van der Waals surface area contributed by atoms with Gasteiger partial charge in [-0.3, -0.25) is 4.98 Å². The summed E-state index contributed by atoms with van der Waals surface area (Å²) in [5.74, 6) is -0.346. The van der Waals surface area contributed by atoms with Crippen molar-refractivity contribution in [2.45, 2.75) is 12.5 Å². The van der Waals surface area contributed by atoms with Crippen LogP contribution in [0, 0.1) is 6.92 Å². The second-order valence-corrected chi connectivity index (χ2v) is 7.83. The van der Waals surface area contributed by atoms with E-state index in [2.05, 4.69) is 35.0 Å². The first kappa shape index (κ1) is 19.0. The van der Waals surface area contributed by atoms with Crippen molar-refractivity contribution in [1.82, 2.24) is 4.98 Å². The van der Waals surface area contributed by atoms with E-state index in [1.54, 1.807) is 12.4 Å². The number of cyclic esters (lactones) is 1. The number of hydrogen-bond acceptors (Lipinski definition) is 5. The van der Waals surface area contributed by atoms with Crippen LogP contribution in [0.3, 0.4) is 0 Å². The minimum Gasteiger partial charge on any atom is -0.441 e. The fourth-order valence-electron chi connectivity index (χ4n) is 4.00. The third-order valence-electron chi connectivity index (χ3n) is 5.56. The minimum absolute atomic E-state index is 0.346. The van der Waals surface area contributed by atoms with Gasteiger partial charge in [0.05, 0.1) is 5.56 Å². The Morgan fingerprint density at radius 2 is 1.52 bits per heavy atom. The first-order chi connectivity index (χ1) is 13.8. The molecule has 1 aliphatic rings. The average molecular weight is 387 g/mol. The van der Waals surface area contributed by atoms with Crippen LogP contribution in [0.25, 0.3) is 0 Å². The Balaban J connectivity index is 1.99. The Labute approximate surface area is 171 Å². The number of pyridine rings is 1. The second-order valence-electron chi connectivity index (χ2n) is 7.83. The van der Waals surface area contributed by atoms with Gasteiger partial charge >= 0.3 is 5.97 Å². The zero-order valence-corrected chi connectivity index (χ0v) is 17.4. The van der Waals surface area contributed by atoms with Crippen LogP contribution in [0.4, 0.5) is 11.4 Å². The normalized spacial score (nSPS) is 17.6. The zero-order chi connectivity index (χ0) is 20.8. The molecule has 2 aromatic carbocycles. The molecule has 0 N–H and O–H groups in total. The van der Waals surface area contributed by atoms with Crippen molar-refractivity contribution < 1.29 is 9.53 Å². The maximum atomic E-state index is 12.8. The highest BCUT2D eigenvalue weighted by Gasteiger charge is 2.49. The Kier molecular flexibility index (Phi) is 4.53. The Morgan fingerprint density at radius 3 is 2.14 bits per heavy atom. The molecular weight excluding hydrogens is 362 g/mol. The molecule has 0 fully saturated rings. The molecule has 5 heteroatoms. The van der Waals surface area contributed by atoms with Crippen molar-refractivity contribution in [2.24, 2.45) is 0 Å².